The van der Waals surface area contributed by atoms with Gasteiger partial charge in [0.15, 0.2) is 0 Å². The molecule has 1 amide bonds. The molecular weight excluding hydrogens is 393 g/mol. The van der Waals surface area contributed by atoms with Gasteiger partial charge in [-0.2, -0.15) is 0 Å². The van der Waals surface area contributed by atoms with E-state index in [2.05, 4.69) is 21.2 Å². The number of carbonyl (C=O) groups excluding carboxylic acids is 1. The Kier molecular flexibility index (Phi) is 6.51. The van der Waals surface area contributed by atoms with Gasteiger partial charge in [-0.1, -0.05) is 0 Å². The number of ether oxygens (including phenoxy) is 2. The minimum Gasteiger partial charge on any atom is -0.444 e. The van der Waals surface area contributed by atoms with E-state index in [0.29, 0.717) is 42.1 Å². The molecule has 1 fully saturated rings. The second-order valence-corrected chi connectivity index (χ2v) is 7.86. The molecule has 1 aromatic carbocycles. The largest absolute Gasteiger partial charge is 0.444 e. The van der Waals surface area contributed by atoms with E-state index in [-0.39, 0.29) is 12.2 Å². The van der Waals surface area contributed by atoms with E-state index in [4.69, 9.17) is 15.2 Å². The highest BCUT2D eigenvalue weighted by Crippen LogP contribution is 2.30. The summed E-state index contributed by atoms with van der Waals surface area (Å²) < 4.78 is 25.1. The van der Waals surface area contributed by atoms with Crippen LogP contribution in [-0.4, -0.2) is 48.9 Å². The van der Waals surface area contributed by atoms with Crippen LogP contribution >= 0.6 is 15.9 Å². The van der Waals surface area contributed by atoms with E-state index >= 15 is 0 Å². The Hall–Kier alpha value is -1.54. The summed E-state index contributed by atoms with van der Waals surface area (Å²) in [5, 5.41) is 3.17. The third-order valence-corrected chi connectivity index (χ3v) is 4.22. The van der Waals surface area contributed by atoms with E-state index in [1.807, 2.05) is 20.8 Å². The summed E-state index contributed by atoms with van der Waals surface area (Å²) >= 11 is 3.30. The molecule has 1 saturated heterocycles. The zero-order valence-corrected chi connectivity index (χ0v) is 16.4. The van der Waals surface area contributed by atoms with Crippen LogP contribution in [0.1, 0.15) is 27.2 Å². The van der Waals surface area contributed by atoms with Crippen molar-refractivity contribution in [2.24, 2.45) is 0 Å². The van der Waals surface area contributed by atoms with Crippen LogP contribution in [0.4, 0.5) is 20.6 Å². The topological polar surface area (TPSA) is 76.8 Å². The highest BCUT2D eigenvalue weighted by Gasteiger charge is 2.27. The first kappa shape index (κ1) is 19.8. The Labute approximate surface area is 156 Å². The Bertz CT molecular complexity index is 599. The van der Waals surface area contributed by atoms with Crippen LogP contribution in [-0.2, 0) is 9.47 Å². The first-order valence-corrected chi connectivity index (χ1v) is 9.03. The van der Waals surface area contributed by atoms with Crippen LogP contribution in [0.25, 0.3) is 0 Å². The number of halogens is 2. The van der Waals surface area contributed by atoms with Gasteiger partial charge in [0, 0.05) is 24.2 Å². The van der Waals surface area contributed by atoms with Crippen LogP contribution in [0, 0.1) is 5.82 Å². The molecule has 0 saturated carbocycles. The van der Waals surface area contributed by atoms with Gasteiger partial charge < -0.3 is 25.4 Å². The summed E-state index contributed by atoms with van der Waals surface area (Å²) in [5.41, 5.74) is 6.24. The fourth-order valence-electron chi connectivity index (χ4n) is 2.51. The van der Waals surface area contributed by atoms with Crippen molar-refractivity contribution >= 4 is 33.4 Å². The second kappa shape index (κ2) is 8.23. The summed E-state index contributed by atoms with van der Waals surface area (Å²) in [7, 11) is 0. The van der Waals surface area contributed by atoms with Crippen molar-refractivity contribution in [3.05, 3.63) is 22.4 Å². The monoisotopic (exact) mass is 417 g/mol. The zero-order chi connectivity index (χ0) is 18.6. The van der Waals surface area contributed by atoms with Gasteiger partial charge in [-0.05, 0) is 55.3 Å². The summed E-state index contributed by atoms with van der Waals surface area (Å²) in [6.45, 7) is 7.53. The molecule has 2 rings (SSSR count). The molecule has 1 unspecified atom stereocenters. The summed E-state index contributed by atoms with van der Waals surface area (Å²) in [5.74, 6) is -0.406. The third kappa shape index (κ3) is 6.04. The molecule has 1 aliphatic heterocycles. The second-order valence-electron chi connectivity index (χ2n) is 7.01. The van der Waals surface area contributed by atoms with Crippen molar-refractivity contribution in [3.63, 3.8) is 0 Å². The van der Waals surface area contributed by atoms with Gasteiger partial charge in [-0.15, -0.1) is 0 Å². The molecule has 1 heterocycles. The Balaban J connectivity index is 1.98. The van der Waals surface area contributed by atoms with Gasteiger partial charge in [0.1, 0.15) is 11.4 Å². The van der Waals surface area contributed by atoms with Gasteiger partial charge in [0.25, 0.3) is 0 Å². The van der Waals surface area contributed by atoms with Gasteiger partial charge >= 0.3 is 6.09 Å². The molecular formula is C17H25BrFN3O3. The Morgan fingerprint density at radius 3 is 2.88 bits per heavy atom. The summed E-state index contributed by atoms with van der Waals surface area (Å²) in [4.78, 5) is 14.0. The van der Waals surface area contributed by atoms with Gasteiger partial charge in [0.05, 0.1) is 24.0 Å². The fraction of sp³-hybridized carbons (Fsp3) is 0.588. The van der Waals surface area contributed by atoms with E-state index in [9.17, 15) is 9.18 Å². The molecule has 1 aliphatic rings. The lowest BCUT2D eigenvalue weighted by Crippen LogP contribution is -2.42. The van der Waals surface area contributed by atoms with Crippen molar-refractivity contribution in [1.82, 2.24) is 4.90 Å². The molecule has 0 aromatic heterocycles. The van der Waals surface area contributed by atoms with Crippen molar-refractivity contribution < 1.29 is 18.7 Å². The Morgan fingerprint density at radius 1 is 1.52 bits per heavy atom. The molecule has 0 aliphatic carbocycles. The summed E-state index contributed by atoms with van der Waals surface area (Å²) in [6, 6.07) is 2.60. The molecule has 1 atom stereocenters. The quantitative estimate of drug-likeness (QED) is 0.734. The number of rotatable bonds is 3. The van der Waals surface area contributed by atoms with Crippen LogP contribution in [0.2, 0.25) is 0 Å². The molecule has 0 bridgehead atoms. The average Bonchev–Trinajstić information content (AvgIpc) is 2.70. The van der Waals surface area contributed by atoms with Gasteiger partial charge in [0.2, 0.25) is 0 Å². The molecule has 3 N–H and O–H groups in total. The SMILES string of the molecule is CC(C)(C)OC(=O)N1CCCOC(CNc2c(N)cc(F)cc2Br)C1. The average molecular weight is 418 g/mol. The minimum atomic E-state index is -0.536. The highest BCUT2D eigenvalue weighted by atomic mass is 79.9. The number of amides is 1. The number of hydrogen-bond donors (Lipinski definition) is 2. The number of nitrogen functional groups attached to an aromatic ring is 1. The number of carbonyl (C=O) groups is 1. The number of nitrogens with zero attached hydrogens (tertiary/aromatic N) is 1. The molecule has 0 radical (unpaired) electrons. The van der Waals surface area contributed by atoms with Crippen molar-refractivity contribution in [2.45, 2.75) is 38.9 Å². The minimum absolute atomic E-state index is 0.216. The maximum atomic E-state index is 13.3. The maximum absolute atomic E-state index is 13.3. The lowest BCUT2D eigenvalue weighted by molar-refractivity contribution is 0.0164. The number of anilines is 2. The van der Waals surface area contributed by atoms with Gasteiger partial charge in [-0.25, -0.2) is 9.18 Å². The molecule has 8 heteroatoms. The zero-order valence-electron chi connectivity index (χ0n) is 14.8. The lowest BCUT2D eigenvalue weighted by Gasteiger charge is -2.28. The van der Waals surface area contributed by atoms with E-state index in [1.54, 1.807) is 4.90 Å². The first-order valence-electron chi connectivity index (χ1n) is 8.23. The predicted molar refractivity (Wildman–Crippen MR) is 99.2 cm³/mol. The normalized spacial score (nSPS) is 18.6. The molecule has 1 aromatic rings. The number of nitrogens with one attached hydrogen (secondary N) is 1. The molecule has 6 nitrogen and oxygen atoms in total. The lowest BCUT2D eigenvalue weighted by atomic mass is 10.2. The number of hydrogen-bond acceptors (Lipinski definition) is 5. The molecule has 140 valence electrons. The van der Waals surface area contributed by atoms with Crippen LogP contribution in [0.15, 0.2) is 16.6 Å². The van der Waals surface area contributed by atoms with Crippen LogP contribution in [0.3, 0.4) is 0 Å². The third-order valence-electron chi connectivity index (χ3n) is 3.59. The molecule has 25 heavy (non-hydrogen) atoms. The van der Waals surface area contributed by atoms with E-state index in [0.717, 1.165) is 6.42 Å². The van der Waals surface area contributed by atoms with Gasteiger partial charge in [-0.3, -0.25) is 0 Å². The van der Waals surface area contributed by atoms with Crippen LogP contribution < -0.4 is 11.1 Å². The number of benzene rings is 1. The van der Waals surface area contributed by atoms with E-state index < -0.39 is 11.4 Å². The van der Waals surface area contributed by atoms with Crippen molar-refractivity contribution in [3.8, 4) is 0 Å². The van der Waals surface area contributed by atoms with E-state index in [1.165, 1.54) is 12.1 Å². The van der Waals surface area contributed by atoms with Crippen molar-refractivity contribution in [1.29, 1.82) is 0 Å². The highest BCUT2D eigenvalue weighted by molar-refractivity contribution is 9.10. The first-order chi connectivity index (χ1) is 11.7. The maximum Gasteiger partial charge on any atom is 0.410 e. The fourth-order valence-corrected chi connectivity index (χ4v) is 3.09. The molecule has 0 spiro atoms. The predicted octanol–water partition coefficient (Wildman–Crippen LogP) is 3.61. The van der Waals surface area contributed by atoms with Crippen molar-refractivity contribution in [2.75, 3.05) is 37.3 Å². The van der Waals surface area contributed by atoms with Crippen LogP contribution in [0.5, 0.6) is 0 Å². The number of nitrogens with two attached hydrogens (primary N) is 1. The Morgan fingerprint density at radius 2 is 2.24 bits per heavy atom. The smallest absolute Gasteiger partial charge is 0.410 e. The summed E-state index contributed by atoms with van der Waals surface area (Å²) in [6.07, 6.45) is 0.190. The standard InChI is InChI=1S/C17H25BrFN3O3/c1-17(2,3)25-16(23)22-5-4-6-24-12(10-22)9-21-15-13(18)7-11(19)8-14(15)20/h7-8,12,21H,4-6,9-10,20H2,1-3H3.